The summed E-state index contributed by atoms with van der Waals surface area (Å²) >= 11 is 5.83. The number of rotatable bonds is 4. The van der Waals surface area contributed by atoms with E-state index >= 15 is 0 Å². The molecule has 0 unspecified atom stereocenters. The van der Waals surface area contributed by atoms with Gasteiger partial charge in [-0.05, 0) is 6.07 Å². The zero-order valence-corrected chi connectivity index (χ0v) is 11.1. The molecule has 0 aliphatic rings. The Morgan fingerprint density at radius 1 is 1.47 bits per heavy atom. The summed E-state index contributed by atoms with van der Waals surface area (Å²) < 4.78 is 5.37. The molecule has 0 saturated carbocycles. The molecular weight excluding hydrogens is 268 g/mol. The fraction of sp³-hybridized carbons (Fsp3) is 0.250. The summed E-state index contributed by atoms with van der Waals surface area (Å²) in [4.78, 5) is 19.8. The molecule has 7 heteroatoms. The quantitative estimate of drug-likeness (QED) is 0.833. The highest BCUT2D eigenvalue weighted by Gasteiger charge is 2.12. The number of pyridine rings is 1. The molecular formula is C12H13ClN4O2. The molecule has 19 heavy (non-hydrogen) atoms. The van der Waals surface area contributed by atoms with Crippen molar-refractivity contribution in [2.24, 2.45) is 0 Å². The van der Waals surface area contributed by atoms with Crippen LogP contribution in [0.5, 0.6) is 0 Å². The summed E-state index contributed by atoms with van der Waals surface area (Å²) in [5.41, 5.74) is 6.16. The minimum absolute atomic E-state index is 0.105. The van der Waals surface area contributed by atoms with E-state index in [-0.39, 0.29) is 23.2 Å². The zero-order valence-electron chi connectivity index (χ0n) is 10.3. The molecule has 6 nitrogen and oxygen atoms in total. The SMILES string of the molecule is CCc1cnc(CNC(=O)c2cc(N)cnc2Cl)o1. The van der Waals surface area contributed by atoms with E-state index in [1.54, 1.807) is 6.20 Å². The number of aromatic nitrogens is 2. The van der Waals surface area contributed by atoms with E-state index in [9.17, 15) is 4.79 Å². The van der Waals surface area contributed by atoms with Crippen LogP contribution in [-0.2, 0) is 13.0 Å². The second-order valence-electron chi connectivity index (χ2n) is 3.86. The predicted octanol–water partition coefficient (Wildman–Crippen LogP) is 1.80. The van der Waals surface area contributed by atoms with Crippen LogP contribution in [0.4, 0.5) is 5.69 Å². The van der Waals surface area contributed by atoms with Crippen molar-refractivity contribution in [1.29, 1.82) is 0 Å². The maximum absolute atomic E-state index is 11.9. The van der Waals surface area contributed by atoms with Gasteiger partial charge in [0.15, 0.2) is 0 Å². The van der Waals surface area contributed by atoms with Gasteiger partial charge < -0.3 is 15.5 Å². The number of amides is 1. The van der Waals surface area contributed by atoms with Crippen molar-refractivity contribution >= 4 is 23.2 Å². The number of nitrogen functional groups attached to an aromatic ring is 1. The first-order valence-electron chi connectivity index (χ1n) is 5.73. The Labute approximate surface area is 115 Å². The molecule has 3 N–H and O–H groups in total. The molecule has 2 heterocycles. The average molecular weight is 281 g/mol. The molecule has 0 bridgehead atoms. The van der Waals surface area contributed by atoms with Gasteiger partial charge in [-0.2, -0.15) is 0 Å². The van der Waals surface area contributed by atoms with Gasteiger partial charge in [-0.1, -0.05) is 18.5 Å². The first-order valence-corrected chi connectivity index (χ1v) is 6.10. The number of anilines is 1. The van der Waals surface area contributed by atoms with Gasteiger partial charge in [-0.3, -0.25) is 4.79 Å². The van der Waals surface area contributed by atoms with Crippen LogP contribution >= 0.6 is 11.6 Å². The summed E-state index contributed by atoms with van der Waals surface area (Å²) in [6.45, 7) is 2.14. The lowest BCUT2D eigenvalue weighted by Gasteiger charge is -2.05. The van der Waals surface area contributed by atoms with Gasteiger partial charge in [-0.25, -0.2) is 9.97 Å². The molecule has 0 aliphatic heterocycles. The Bertz CT molecular complexity index is 597. The summed E-state index contributed by atoms with van der Waals surface area (Å²) in [6.07, 6.45) is 3.78. The van der Waals surface area contributed by atoms with E-state index in [0.29, 0.717) is 11.6 Å². The van der Waals surface area contributed by atoms with Crippen LogP contribution in [0.1, 0.15) is 28.9 Å². The molecule has 100 valence electrons. The average Bonchev–Trinajstić information content (AvgIpc) is 2.87. The lowest BCUT2D eigenvalue weighted by atomic mass is 10.2. The Morgan fingerprint density at radius 2 is 2.26 bits per heavy atom. The first kappa shape index (κ1) is 13.4. The second-order valence-corrected chi connectivity index (χ2v) is 4.22. The summed E-state index contributed by atoms with van der Waals surface area (Å²) in [7, 11) is 0. The molecule has 0 atom stereocenters. The van der Waals surface area contributed by atoms with E-state index < -0.39 is 0 Å². The number of hydrogen-bond donors (Lipinski definition) is 2. The van der Waals surface area contributed by atoms with Crippen molar-refractivity contribution in [2.45, 2.75) is 19.9 Å². The van der Waals surface area contributed by atoms with Gasteiger partial charge >= 0.3 is 0 Å². The van der Waals surface area contributed by atoms with E-state index in [4.69, 9.17) is 21.8 Å². The van der Waals surface area contributed by atoms with Crippen molar-refractivity contribution in [1.82, 2.24) is 15.3 Å². The fourth-order valence-electron chi connectivity index (χ4n) is 1.47. The van der Waals surface area contributed by atoms with Gasteiger partial charge in [-0.15, -0.1) is 0 Å². The standard InChI is InChI=1S/C12H13ClN4O2/c1-2-8-5-15-10(19-8)6-17-12(18)9-3-7(14)4-16-11(9)13/h3-5H,2,6,14H2,1H3,(H,17,18). The number of carbonyl (C=O) groups is 1. The maximum Gasteiger partial charge on any atom is 0.254 e. The highest BCUT2D eigenvalue weighted by atomic mass is 35.5. The van der Waals surface area contributed by atoms with Gasteiger partial charge in [0, 0.05) is 6.42 Å². The number of nitrogens with two attached hydrogens (primary N) is 1. The van der Waals surface area contributed by atoms with Crippen LogP contribution in [0.3, 0.4) is 0 Å². The number of oxazole rings is 1. The third-order valence-corrected chi connectivity index (χ3v) is 2.76. The Balaban J connectivity index is 2.03. The summed E-state index contributed by atoms with van der Waals surface area (Å²) in [6, 6.07) is 1.47. The van der Waals surface area contributed by atoms with Crippen LogP contribution in [0.25, 0.3) is 0 Å². The topological polar surface area (TPSA) is 94.0 Å². The fourth-order valence-corrected chi connectivity index (χ4v) is 1.66. The lowest BCUT2D eigenvalue weighted by Crippen LogP contribution is -2.23. The number of halogens is 1. The maximum atomic E-state index is 11.9. The monoisotopic (exact) mass is 280 g/mol. The van der Waals surface area contributed by atoms with E-state index in [2.05, 4.69) is 15.3 Å². The zero-order chi connectivity index (χ0) is 13.8. The van der Waals surface area contributed by atoms with E-state index in [1.165, 1.54) is 12.3 Å². The third-order valence-electron chi connectivity index (χ3n) is 2.45. The molecule has 0 aromatic carbocycles. The van der Waals surface area contributed by atoms with Gasteiger partial charge in [0.25, 0.3) is 5.91 Å². The molecule has 1 amide bonds. The number of nitrogens with zero attached hydrogens (tertiary/aromatic N) is 2. The molecule has 0 aliphatic carbocycles. The third kappa shape index (κ3) is 3.23. The molecule has 2 aromatic heterocycles. The van der Waals surface area contributed by atoms with Crippen molar-refractivity contribution < 1.29 is 9.21 Å². The number of hydrogen-bond acceptors (Lipinski definition) is 5. The highest BCUT2D eigenvalue weighted by molar-refractivity contribution is 6.32. The Kier molecular flexibility index (Phi) is 4.01. The molecule has 2 rings (SSSR count). The van der Waals surface area contributed by atoms with Crippen LogP contribution in [-0.4, -0.2) is 15.9 Å². The van der Waals surface area contributed by atoms with Gasteiger partial charge in [0.1, 0.15) is 10.9 Å². The summed E-state index contributed by atoms with van der Waals surface area (Å²) in [5.74, 6) is 0.840. The predicted molar refractivity (Wildman–Crippen MR) is 70.7 cm³/mol. The van der Waals surface area contributed by atoms with Gasteiger partial charge in [0.2, 0.25) is 5.89 Å². The number of aryl methyl sites for hydroxylation is 1. The molecule has 2 aromatic rings. The van der Waals surface area contributed by atoms with Crippen LogP contribution < -0.4 is 11.1 Å². The van der Waals surface area contributed by atoms with E-state index in [0.717, 1.165) is 12.2 Å². The van der Waals surface area contributed by atoms with E-state index in [1.807, 2.05) is 6.92 Å². The smallest absolute Gasteiger partial charge is 0.254 e. The minimum Gasteiger partial charge on any atom is -0.444 e. The Morgan fingerprint density at radius 3 is 2.95 bits per heavy atom. The first-order chi connectivity index (χ1) is 9.10. The van der Waals surface area contributed by atoms with Crippen LogP contribution in [0.2, 0.25) is 5.15 Å². The molecule has 0 saturated heterocycles. The van der Waals surface area contributed by atoms with Crippen molar-refractivity contribution in [3.8, 4) is 0 Å². The second kappa shape index (κ2) is 5.71. The van der Waals surface area contributed by atoms with Crippen LogP contribution in [0, 0.1) is 0 Å². The normalized spacial score (nSPS) is 10.4. The Hall–Kier alpha value is -2.08. The van der Waals surface area contributed by atoms with Crippen LogP contribution in [0.15, 0.2) is 22.9 Å². The van der Waals surface area contributed by atoms with Crippen molar-refractivity contribution in [3.63, 3.8) is 0 Å². The molecule has 0 fully saturated rings. The number of carbonyl (C=O) groups excluding carboxylic acids is 1. The minimum atomic E-state index is -0.374. The number of nitrogens with one attached hydrogen (secondary N) is 1. The largest absolute Gasteiger partial charge is 0.444 e. The molecule has 0 radical (unpaired) electrons. The lowest BCUT2D eigenvalue weighted by molar-refractivity contribution is 0.0947. The van der Waals surface area contributed by atoms with Crippen molar-refractivity contribution in [3.05, 3.63) is 40.8 Å². The summed E-state index contributed by atoms with van der Waals surface area (Å²) in [5, 5.41) is 2.75. The highest BCUT2D eigenvalue weighted by Crippen LogP contribution is 2.15. The van der Waals surface area contributed by atoms with Crippen molar-refractivity contribution in [2.75, 3.05) is 5.73 Å². The van der Waals surface area contributed by atoms with Gasteiger partial charge in [0.05, 0.1) is 30.2 Å². The molecule has 0 spiro atoms.